The van der Waals surface area contributed by atoms with Gasteiger partial charge in [0, 0.05) is 26.5 Å². The van der Waals surface area contributed by atoms with Crippen LogP contribution in [0, 0.1) is 0 Å². The summed E-state index contributed by atoms with van der Waals surface area (Å²) in [6.45, 7) is 4.39. The maximum Gasteiger partial charge on any atom is 0.257 e. The van der Waals surface area contributed by atoms with Crippen LogP contribution < -0.4 is 15.4 Å². The number of nitrogens with zero attached hydrogens (tertiary/aromatic N) is 1. The van der Waals surface area contributed by atoms with Gasteiger partial charge in [-0.15, -0.1) is 23.1 Å². The highest BCUT2D eigenvalue weighted by molar-refractivity contribution is 8.00. The number of hydrogen-bond acceptors (Lipinski definition) is 6. The molecule has 3 aromatic carbocycles. The summed E-state index contributed by atoms with van der Waals surface area (Å²) in [5, 5.41) is 8.54. The average molecular weight is 573 g/mol. The summed E-state index contributed by atoms with van der Waals surface area (Å²) in [4.78, 5) is 30.7. The summed E-state index contributed by atoms with van der Waals surface area (Å²) in [6.07, 6.45) is 0. The van der Waals surface area contributed by atoms with Gasteiger partial charge in [0.1, 0.15) is 5.75 Å². The summed E-state index contributed by atoms with van der Waals surface area (Å²) < 4.78 is 5.47. The van der Waals surface area contributed by atoms with E-state index in [1.54, 1.807) is 24.3 Å². The van der Waals surface area contributed by atoms with Crippen LogP contribution in [0.1, 0.15) is 24.2 Å². The van der Waals surface area contributed by atoms with Gasteiger partial charge in [0.2, 0.25) is 5.91 Å². The van der Waals surface area contributed by atoms with E-state index in [1.807, 2.05) is 55.6 Å². The molecule has 0 aliphatic heterocycles. The third-order valence-corrected chi connectivity index (χ3v) is 7.58. The fraction of sp³-hybridized carbons (Fsp3) is 0.148. The summed E-state index contributed by atoms with van der Waals surface area (Å²) >= 11 is 14.8. The zero-order chi connectivity index (χ0) is 26.4. The lowest BCUT2D eigenvalue weighted by Crippen LogP contribution is -2.22. The number of ether oxygens (including phenoxy) is 1. The number of halogens is 2. The van der Waals surface area contributed by atoms with Gasteiger partial charge in [-0.3, -0.25) is 9.59 Å². The zero-order valence-corrected chi connectivity index (χ0v) is 23.1. The summed E-state index contributed by atoms with van der Waals surface area (Å²) in [5.41, 5.74) is 2.69. The molecule has 190 valence electrons. The van der Waals surface area contributed by atoms with E-state index in [4.69, 9.17) is 27.9 Å². The van der Waals surface area contributed by atoms with Gasteiger partial charge in [0.05, 0.1) is 28.1 Å². The van der Waals surface area contributed by atoms with Gasteiger partial charge >= 0.3 is 0 Å². The molecule has 4 aromatic rings. The molecule has 0 spiro atoms. The number of carbonyl (C=O) groups is 2. The highest BCUT2D eigenvalue weighted by Crippen LogP contribution is 2.29. The van der Waals surface area contributed by atoms with Gasteiger partial charge in [0.25, 0.3) is 5.91 Å². The van der Waals surface area contributed by atoms with E-state index < -0.39 is 0 Å². The van der Waals surface area contributed by atoms with Crippen LogP contribution in [0.25, 0.3) is 11.3 Å². The lowest BCUT2D eigenvalue weighted by molar-refractivity contribution is -0.115. The first-order valence-corrected chi connectivity index (χ1v) is 13.9. The number of nitrogens with one attached hydrogen (secondary N) is 2. The molecule has 0 aliphatic carbocycles. The Morgan fingerprint density at radius 1 is 1.03 bits per heavy atom. The minimum Gasteiger partial charge on any atom is -0.494 e. The Kier molecular flexibility index (Phi) is 9.10. The Morgan fingerprint density at radius 3 is 2.43 bits per heavy atom. The molecule has 1 aromatic heterocycles. The van der Waals surface area contributed by atoms with E-state index in [0.717, 1.165) is 21.9 Å². The number of anilines is 2. The second-order valence-corrected chi connectivity index (χ2v) is 11.0. The molecular weight excluding hydrogens is 549 g/mol. The van der Waals surface area contributed by atoms with Crippen LogP contribution in [0.15, 0.2) is 77.0 Å². The molecule has 0 fully saturated rings. The van der Waals surface area contributed by atoms with Crippen molar-refractivity contribution in [3.05, 3.63) is 87.7 Å². The van der Waals surface area contributed by atoms with E-state index >= 15 is 0 Å². The van der Waals surface area contributed by atoms with E-state index in [2.05, 4.69) is 15.6 Å². The number of carbonyl (C=O) groups excluding carboxylic acids is 2. The van der Waals surface area contributed by atoms with Crippen molar-refractivity contribution in [1.29, 1.82) is 0 Å². The lowest BCUT2D eigenvalue weighted by atomic mass is 10.2. The fourth-order valence-electron chi connectivity index (χ4n) is 3.31. The van der Waals surface area contributed by atoms with Crippen molar-refractivity contribution in [3.63, 3.8) is 0 Å². The molecule has 0 radical (unpaired) electrons. The summed E-state index contributed by atoms with van der Waals surface area (Å²) in [7, 11) is 0. The Morgan fingerprint density at radius 2 is 1.76 bits per heavy atom. The molecule has 0 aliphatic rings. The summed E-state index contributed by atoms with van der Waals surface area (Å²) in [5.74, 6) is 0.331. The third kappa shape index (κ3) is 7.26. The first-order valence-electron chi connectivity index (χ1n) is 11.3. The van der Waals surface area contributed by atoms with Gasteiger partial charge in [-0.1, -0.05) is 23.2 Å². The average Bonchev–Trinajstić information content (AvgIpc) is 3.34. The molecular formula is C27H23Cl2N3O3S2. The fourth-order valence-corrected chi connectivity index (χ4v) is 5.39. The Hall–Kier alpha value is -3.04. The Labute approximate surface area is 233 Å². The zero-order valence-electron chi connectivity index (χ0n) is 20.0. The van der Waals surface area contributed by atoms with Crippen LogP contribution in [0.3, 0.4) is 0 Å². The van der Waals surface area contributed by atoms with Gasteiger partial charge < -0.3 is 15.4 Å². The van der Waals surface area contributed by atoms with E-state index in [-0.39, 0.29) is 22.1 Å². The number of hydrogen-bond donors (Lipinski definition) is 2. The van der Waals surface area contributed by atoms with Crippen molar-refractivity contribution in [1.82, 2.24) is 4.98 Å². The topological polar surface area (TPSA) is 80.3 Å². The quantitative estimate of drug-likeness (QED) is 0.200. The van der Waals surface area contributed by atoms with Gasteiger partial charge in [-0.05, 0) is 80.6 Å². The first kappa shape index (κ1) is 27.0. The number of thioether (sulfide) groups is 1. The number of amides is 2. The van der Waals surface area contributed by atoms with Crippen molar-refractivity contribution in [2.75, 3.05) is 17.2 Å². The molecule has 37 heavy (non-hydrogen) atoms. The maximum absolute atomic E-state index is 12.7. The molecule has 0 saturated heterocycles. The molecule has 1 unspecified atom stereocenters. The maximum atomic E-state index is 12.7. The molecule has 2 N–H and O–H groups in total. The Balaban J connectivity index is 1.31. The molecule has 4 rings (SSSR count). The van der Waals surface area contributed by atoms with Gasteiger partial charge in [-0.25, -0.2) is 4.98 Å². The van der Waals surface area contributed by atoms with Gasteiger partial charge in [-0.2, -0.15) is 0 Å². The molecule has 1 heterocycles. The number of benzene rings is 3. The van der Waals surface area contributed by atoms with Gasteiger partial charge in [0.15, 0.2) is 5.13 Å². The number of rotatable bonds is 9. The second-order valence-electron chi connectivity index (χ2n) is 7.85. The van der Waals surface area contributed by atoms with Crippen molar-refractivity contribution in [2.24, 2.45) is 0 Å². The van der Waals surface area contributed by atoms with Crippen molar-refractivity contribution in [3.8, 4) is 17.0 Å². The predicted molar refractivity (Wildman–Crippen MR) is 154 cm³/mol. The lowest BCUT2D eigenvalue weighted by Gasteiger charge is -2.11. The normalized spacial score (nSPS) is 11.6. The SMILES string of the molecule is CCOc1ccc(-c2csc(NC(=O)C(C)Sc3ccc(NC(=O)c4ccc(Cl)cc4Cl)cc3)n2)cc1. The van der Waals surface area contributed by atoms with Crippen molar-refractivity contribution < 1.29 is 14.3 Å². The van der Waals surface area contributed by atoms with Crippen LogP contribution in [0.2, 0.25) is 10.0 Å². The third-order valence-electron chi connectivity index (χ3n) is 5.17. The van der Waals surface area contributed by atoms with E-state index in [9.17, 15) is 9.59 Å². The number of thiazole rings is 1. The molecule has 10 heteroatoms. The Bertz CT molecular complexity index is 1390. The van der Waals surface area contributed by atoms with Crippen LogP contribution in [-0.4, -0.2) is 28.7 Å². The minimum absolute atomic E-state index is 0.146. The predicted octanol–water partition coefficient (Wildman–Crippen LogP) is 7.89. The highest BCUT2D eigenvalue weighted by atomic mass is 35.5. The van der Waals surface area contributed by atoms with Crippen LogP contribution in [-0.2, 0) is 4.79 Å². The van der Waals surface area contributed by atoms with E-state index in [1.165, 1.54) is 29.2 Å². The number of aromatic nitrogens is 1. The smallest absolute Gasteiger partial charge is 0.257 e. The molecule has 0 saturated carbocycles. The van der Waals surface area contributed by atoms with Crippen LogP contribution in [0.4, 0.5) is 10.8 Å². The standard InChI is InChI=1S/C27H23Cl2N3O3S2/c1-3-35-20-9-4-17(5-10-20)24-15-36-27(31-24)32-25(33)16(2)37-21-11-7-19(8-12-21)30-26(34)22-13-6-18(28)14-23(22)29/h4-16H,3H2,1-2H3,(H,30,34)(H,31,32,33). The highest BCUT2D eigenvalue weighted by Gasteiger charge is 2.17. The first-order chi connectivity index (χ1) is 17.8. The minimum atomic E-state index is -0.355. The van der Waals surface area contributed by atoms with Crippen molar-refractivity contribution >= 4 is 68.9 Å². The molecule has 6 nitrogen and oxygen atoms in total. The molecule has 2 amide bonds. The molecule has 0 bridgehead atoms. The monoisotopic (exact) mass is 571 g/mol. The van der Waals surface area contributed by atoms with E-state index in [0.29, 0.717) is 28.0 Å². The summed E-state index contributed by atoms with van der Waals surface area (Å²) in [6, 6.07) is 19.7. The van der Waals surface area contributed by atoms with Crippen molar-refractivity contribution in [2.45, 2.75) is 24.0 Å². The molecule has 1 atom stereocenters. The van der Waals surface area contributed by atoms with Crippen LogP contribution in [0.5, 0.6) is 5.75 Å². The second kappa shape index (κ2) is 12.5. The largest absolute Gasteiger partial charge is 0.494 e. The van der Waals surface area contributed by atoms with Crippen LogP contribution >= 0.6 is 46.3 Å².